The lowest BCUT2D eigenvalue weighted by Crippen LogP contribution is -2.55. The Kier molecular flexibility index (Phi) is 6.03. The molecule has 4 aliphatic carbocycles. The number of hydrogen-bond acceptors (Lipinski definition) is 3. The van der Waals surface area contributed by atoms with E-state index in [0.717, 1.165) is 24.2 Å². The first-order valence-electron chi connectivity index (χ1n) is 12.7. The maximum absolute atomic E-state index is 13.2. The first-order valence-corrected chi connectivity index (χ1v) is 12.7. The van der Waals surface area contributed by atoms with Crippen LogP contribution in [0.25, 0.3) is 0 Å². The van der Waals surface area contributed by atoms with Gasteiger partial charge in [-0.3, -0.25) is 4.79 Å². The fraction of sp³-hybridized carbons (Fsp3) is 0.889. The third-order valence-corrected chi connectivity index (χ3v) is 10.1. The number of carbonyl (C=O) groups is 1. The summed E-state index contributed by atoms with van der Waals surface area (Å²) in [5.41, 5.74) is 1.53. The molecule has 2 N–H and O–H groups in total. The Labute approximate surface area is 183 Å². The smallest absolute Gasteiger partial charge is 0.159 e. The first kappa shape index (κ1) is 22.5. The summed E-state index contributed by atoms with van der Waals surface area (Å²) in [6, 6.07) is 0. The average Bonchev–Trinajstić information content (AvgIpc) is 3.01. The summed E-state index contributed by atoms with van der Waals surface area (Å²) in [5, 5.41) is 20.7. The van der Waals surface area contributed by atoms with Crippen LogP contribution in [0.5, 0.6) is 0 Å². The maximum Gasteiger partial charge on any atom is 0.159 e. The Balaban J connectivity index is 1.56. The van der Waals surface area contributed by atoms with E-state index >= 15 is 0 Å². The Bertz CT molecular complexity index is 696. The van der Waals surface area contributed by atoms with Gasteiger partial charge in [0.15, 0.2) is 5.78 Å². The molecular weight excluding hydrogens is 372 g/mol. The molecular formula is C27H44O3. The highest BCUT2D eigenvalue weighted by Crippen LogP contribution is 2.66. The van der Waals surface area contributed by atoms with Crippen molar-refractivity contribution >= 4 is 5.78 Å². The number of rotatable bonds is 5. The molecule has 3 nitrogen and oxygen atoms in total. The molecule has 0 spiro atoms. The SMILES string of the molecule is CC(C)CCC[C@@H](C)[C@H]1CC[C@H]2C3=CC(=O)[C@@H]4C[C@@H](O)[C@@H](O)C[C@]4(C)[C@H]3CC[C@]12C. The molecule has 9 atom stereocenters. The molecule has 30 heavy (non-hydrogen) atoms. The van der Waals surface area contributed by atoms with Crippen molar-refractivity contribution in [3.05, 3.63) is 11.6 Å². The molecule has 3 heteroatoms. The molecule has 0 aromatic heterocycles. The van der Waals surface area contributed by atoms with Crippen molar-refractivity contribution in [1.82, 2.24) is 0 Å². The lowest BCUT2D eigenvalue weighted by molar-refractivity contribution is -0.143. The van der Waals surface area contributed by atoms with E-state index in [0.29, 0.717) is 30.1 Å². The second-order valence-corrected chi connectivity index (χ2v) is 12.3. The second kappa shape index (κ2) is 8.03. The molecule has 4 aliphatic rings. The molecule has 0 radical (unpaired) electrons. The van der Waals surface area contributed by atoms with Gasteiger partial charge in [0.1, 0.15) is 0 Å². The number of carbonyl (C=O) groups excluding carboxylic acids is 1. The van der Waals surface area contributed by atoms with Crippen molar-refractivity contribution in [3.8, 4) is 0 Å². The fourth-order valence-electron chi connectivity index (χ4n) is 8.42. The van der Waals surface area contributed by atoms with Gasteiger partial charge < -0.3 is 10.2 Å². The monoisotopic (exact) mass is 416 g/mol. The van der Waals surface area contributed by atoms with Crippen LogP contribution in [-0.2, 0) is 4.79 Å². The predicted molar refractivity (Wildman–Crippen MR) is 121 cm³/mol. The molecule has 0 unspecified atom stereocenters. The van der Waals surface area contributed by atoms with Crippen molar-refractivity contribution in [2.24, 2.45) is 46.3 Å². The average molecular weight is 417 g/mol. The van der Waals surface area contributed by atoms with Crippen molar-refractivity contribution < 1.29 is 15.0 Å². The van der Waals surface area contributed by atoms with Crippen LogP contribution in [0.1, 0.15) is 92.4 Å². The van der Waals surface area contributed by atoms with Crippen LogP contribution in [-0.4, -0.2) is 28.2 Å². The topological polar surface area (TPSA) is 57.5 Å². The molecule has 3 fully saturated rings. The predicted octanol–water partition coefficient (Wildman–Crippen LogP) is 5.54. The number of ketones is 1. The van der Waals surface area contributed by atoms with Crippen molar-refractivity contribution in [3.63, 3.8) is 0 Å². The first-order chi connectivity index (χ1) is 14.1. The summed E-state index contributed by atoms with van der Waals surface area (Å²) in [5.74, 6) is 3.32. The van der Waals surface area contributed by atoms with Gasteiger partial charge in [-0.05, 0) is 85.0 Å². The van der Waals surface area contributed by atoms with Crippen LogP contribution in [0.2, 0.25) is 0 Å². The molecule has 0 bridgehead atoms. The molecule has 0 heterocycles. The van der Waals surface area contributed by atoms with Gasteiger partial charge in [0.05, 0.1) is 12.2 Å². The number of fused-ring (bicyclic) bond motifs is 5. The maximum atomic E-state index is 13.2. The minimum absolute atomic E-state index is 0.124. The molecule has 0 aromatic carbocycles. The van der Waals surface area contributed by atoms with Crippen LogP contribution in [0.3, 0.4) is 0 Å². The Morgan fingerprint density at radius 3 is 2.37 bits per heavy atom. The molecule has 3 saturated carbocycles. The quantitative estimate of drug-likeness (QED) is 0.619. The van der Waals surface area contributed by atoms with E-state index in [1.54, 1.807) is 0 Å². The third-order valence-electron chi connectivity index (χ3n) is 10.1. The summed E-state index contributed by atoms with van der Waals surface area (Å²) in [6.45, 7) is 11.9. The van der Waals surface area contributed by atoms with Crippen LogP contribution in [0.4, 0.5) is 0 Å². The van der Waals surface area contributed by atoms with Gasteiger partial charge in [0.25, 0.3) is 0 Å². The van der Waals surface area contributed by atoms with Gasteiger partial charge in [0.2, 0.25) is 0 Å². The highest BCUT2D eigenvalue weighted by molar-refractivity contribution is 5.94. The number of allylic oxidation sites excluding steroid dienone is 2. The zero-order valence-electron chi connectivity index (χ0n) is 19.9. The highest BCUT2D eigenvalue weighted by Gasteiger charge is 2.60. The van der Waals surface area contributed by atoms with Gasteiger partial charge in [-0.1, -0.05) is 59.5 Å². The van der Waals surface area contributed by atoms with E-state index in [2.05, 4.69) is 34.6 Å². The van der Waals surface area contributed by atoms with Gasteiger partial charge in [-0.25, -0.2) is 0 Å². The Morgan fingerprint density at radius 1 is 0.967 bits per heavy atom. The molecule has 4 rings (SSSR count). The van der Waals surface area contributed by atoms with Gasteiger partial charge in [-0.15, -0.1) is 0 Å². The second-order valence-electron chi connectivity index (χ2n) is 12.3. The van der Waals surface area contributed by atoms with Crippen molar-refractivity contribution in [2.45, 2.75) is 105 Å². The minimum Gasteiger partial charge on any atom is -0.390 e. The lowest BCUT2D eigenvalue weighted by Gasteiger charge is -2.57. The van der Waals surface area contributed by atoms with Gasteiger partial charge in [-0.2, -0.15) is 0 Å². The third kappa shape index (κ3) is 3.52. The van der Waals surface area contributed by atoms with Crippen molar-refractivity contribution in [2.75, 3.05) is 0 Å². The van der Waals surface area contributed by atoms with E-state index in [-0.39, 0.29) is 17.1 Å². The largest absolute Gasteiger partial charge is 0.390 e. The standard InChI is InChI=1S/C27H44O3/c1-16(2)7-6-8-17(3)19-9-10-20-18-13-23(28)22-14-24(29)25(30)15-27(22,5)21(18)11-12-26(19,20)4/h13,16-17,19-22,24-25,29-30H,6-12,14-15H2,1-5H3/t17-,19-,20+,21+,22+,24-,25+,26-,27-/m1/s1. The van der Waals surface area contributed by atoms with Crippen LogP contribution in [0.15, 0.2) is 11.6 Å². The molecule has 0 aliphatic heterocycles. The Morgan fingerprint density at radius 2 is 1.67 bits per heavy atom. The van der Waals surface area contributed by atoms with Crippen molar-refractivity contribution in [1.29, 1.82) is 0 Å². The molecule has 0 saturated heterocycles. The summed E-state index contributed by atoms with van der Waals surface area (Å²) in [4.78, 5) is 13.2. The highest BCUT2D eigenvalue weighted by atomic mass is 16.3. The molecule has 0 aromatic rings. The van der Waals surface area contributed by atoms with Gasteiger partial charge in [0, 0.05) is 5.92 Å². The number of aliphatic hydroxyl groups excluding tert-OH is 2. The normalized spacial score (nSPS) is 46.8. The summed E-state index contributed by atoms with van der Waals surface area (Å²) < 4.78 is 0. The van der Waals surface area contributed by atoms with E-state index in [1.807, 2.05) is 6.08 Å². The minimum atomic E-state index is -0.751. The molecule has 170 valence electrons. The zero-order chi connectivity index (χ0) is 21.8. The lowest BCUT2D eigenvalue weighted by atomic mass is 9.47. The summed E-state index contributed by atoms with van der Waals surface area (Å²) in [7, 11) is 0. The fourth-order valence-corrected chi connectivity index (χ4v) is 8.42. The Hall–Kier alpha value is -0.670. The summed E-state index contributed by atoms with van der Waals surface area (Å²) in [6.07, 6.45) is 10.4. The molecule has 0 amide bonds. The van der Waals surface area contributed by atoms with E-state index in [1.165, 1.54) is 44.1 Å². The summed E-state index contributed by atoms with van der Waals surface area (Å²) >= 11 is 0. The van der Waals surface area contributed by atoms with Crippen LogP contribution < -0.4 is 0 Å². The number of aliphatic hydroxyl groups is 2. The van der Waals surface area contributed by atoms with E-state index < -0.39 is 12.2 Å². The van der Waals surface area contributed by atoms with E-state index in [4.69, 9.17) is 0 Å². The zero-order valence-corrected chi connectivity index (χ0v) is 19.9. The van der Waals surface area contributed by atoms with E-state index in [9.17, 15) is 15.0 Å². The van der Waals surface area contributed by atoms with Crippen LogP contribution in [0, 0.1) is 46.3 Å². The number of hydrogen-bond donors (Lipinski definition) is 2. The van der Waals surface area contributed by atoms with Crippen LogP contribution >= 0.6 is 0 Å². The van der Waals surface area contributed by atoms with Gasteiger partial charge >= 0.3 is 0 Å².